The number of thioether (sulfide) groups is 1. The number of esters is 1. The van der Waals surface area contributed by atoms with Gasteiger partial charge in [-0.1, -0.05) is 11.8 Å². The van der Waals surface area contributed by atoms with Crippen LogP contribution in [0.2, 0.25) is 0 Å². The zero-order valence-corrected chi connectivity index (χ0v) is 14.8. The first-order valence-electron chi connectivity index (χ1n) is 7.35. The molecular weight excluding hydrogens is 348 g/mol. The van der Waals surface area contributed by atoms with Gasteiger partial charge in [-0.05, 0) is 13.8 Å². The van der Waals surface area contributed by atoms with Gasteiger partial charge in [0.25, 0.3) is 5.91 Å². The molecule has 0 aliphatic rings. The van der Waals surface area contributed by atoms with Crippen LogP contribution in [0, 0.1) is 6.92 Å². The van der Waals surface area contributed by atoms with Gasteiger partial charge in [0.15, 0.2) is 5.16 Å². The predicted molar refractivity (Wildman–Crippen MR) is 90.5 cm³/mol. The molecule has 2 aromatic heterocycles. The van der Waals surface area contributed by atoms with E-state index >= 15 is 0 Å². The zero-order chi connectivity index (χ0) is 18.6. The summed E-state index contributed by atoms with van der Waals surface area (Å²) in [6.07, 6.45) is 3.37. The van der Waals surface area contributed by atoms with Crippen molar-refractivity contribution in [1.29, 1.82) is 0 Å². The third-order valence-corrected chi connectivity index (χ3v) is 4.23. The molecule has 0 fully saturated rings. The van der Waals surface area contributed by atoms with E-state index in [0.717, 1.165) is 0 Å². The van der Waals surface area contributed by atoms with Gasteiger partial charge in [0.1, 0.15) is 16.9 Å². The standard InChI is InChI=1S/C15H18N4O5S/c1-4-23-14(22)10-8(2)24-13(11(10)12(16)21)18-9(20)7-25-15-17-5-6-19(15)3/h5-6H,4,7H2,1-3H3,(H2,16,21)(H,18,20). The number of carbonyl (C=O) groups excluding carboxylic acids is 3. The Morgan fingerprint density at radius 1 is 1.40 bits per heavy atom. The molecule has 10 heteroatoms. The summed E-state index contributed by atoms with van der Waals surface area (Å²) >= 11 is 1.21. The Hall–Kier alpha value is -2.75. The van der Waals surface area contributed by atoms with Crippen LogP contribution in [0.3, 0.4) is 0 Å². The minimum atomic E-state index is -0.896. The molecule has 2 heterocycles. The van der Waals surface area contributed by atoms with Crippen molar-refractivity contribution in [2.75, 3.05) is 17.7 Å². The summed E-state index contributed by atoms with van der Waals surface area (Å²) < 4.78 is 12.0. The maximum atomic E-state index is 12.1. The quantitative estimate of drug-likeness (QED) is 0.558. The van der Waals surface area contributed by atoms with E-state index in [1.807, 2.05) is 0 Å². The first-order chi connectivity index (χ1) is 11.8. The lowest BCUT2D eigenvalue weighted by Crippen LogP contribution is -2.21. The minimum absolute atomic E-state index is 0.0392. The number of carbonyl (C=O) groups is 3. The van der Waals surface area contributed by atoms with Crippen molar-refractivity contribution < 1.29 is 23.5 Å². The van der Waals surface area contributed by atoms with E-state index in [2.05, 4.69) is 10.3 Å². The van der Waals surface area contributed by atoms with E-state index in [0.29, 0.717) is 5.16 Å². The molecule has 2 rings (SSSR count). The molecule has 0 unspecified atom stereocenters. The van der Waals surface area contributed by atoms with E-state index in [-0.39, 0.29) is 35.1 Å². The van der Waals surface area contributed by atoms with Crippen LogP contribution in [-0.2, 0) is 16.6 Å². The lowest BCUT2D eigenvalue weighted by molar-refractivity contribution is -0.113. The average molecular weight is 366 g/mol. The van der Waals surface area contributed by atoms with Crippen LogP contribution >= 0.6 is 11.8 Å². The Bertz CT molecular complexity index is 811. The molecule has 0 aromatic carbocycles. The summed E-state index contributed by atoms with van der Waals surface area (Å²) in [6.45, 7) is 3.25. The second kappa shape index (κ2) is 7.88. The van der Waals surface area contributed by atoms with Crippen LogP contribution in [0.5, 0.6) is 0 Å². The highest BCUT2D eigenvalue weighted by Gasteiger charge is 2.29. The molecule has 0 atom stereocenters. The molecule has 2 aromatic rings. The smallest absolute Gasteiger partial charge is 0.342 e. The van der Waals surface area contributed by atoms with E-state index in [1.54, 1.807) is 30.9 Å². The van der Waals surface area contributed by atoms with Crippen molar-refractivity contribution in [1.82, 2.24) is 9.55 Å². The number of hydrogen-bond acceptors (Lipinski definition) is 7. The lowest BCUT2D eigenvalue weighted by atomic mass is 10.1. The normalized spacial score (nSPS) is 10.5. The van der Waals surface area contributed by atoms with Crippen LogP contribution < -0.4 is 11.1 Å². The molecule has 134 valence electrons. The summed E-state index contributed by atoms with van der Waals surface area (Å²) in [5.41, 5.74) is 5.05. The van der Waals surface area contributed by atoms with E-state index in [1.165, 1.54) is 18.7 Å². The van der Waals surface area contributed by atoms with Crippen LogP contribution in [0.15, 0.2) is 22.0 Å². The van der Waals surface area contributed by atoms with Crippen LogP contribution in [-0.4, -0.2) is 39.7 Å². The molecule has 0 bridgehead atoms. The van der Waals surface area contributed by atoms with Crippen LogP contribution in [0.25, 0.3) is 0 Å². The number of aromatic nitrogens is 2. The van der Waals surface area contributed by atoms with Gasteiger partial charge in [-0.25, -0.2) is 9.78 Å². The largest absolute Gasteiger partial charge is 0.462 e. The van der Waals surface area contributed by atoms with Crippen molar-refractivity contribution >= 4 is 35.4 Å². The summed E-state index contributed by atoms with van der Waals surface area (Å²) in [4.78, 5) is 39.9. The molecule has 0 saturated carbocycles. The Morgan fingerprint density at radius 3 is 2.68 bits per heavy atom. The number of nitrogens with two attached hydrogens (primary N) is 1. The van der Waals surface area contributed by atoms with Crippen molar-refractivity contribution in [3.05, 3.63) is 29.3 Å². The zero-order valence-electron chi connectivity index (χ0n) is 14.0. The molecule has 0 saturated heterocycles. The molecule has 0 radical (unpaired) electrons. The number of anilines is 1. The number of nitrogens with zero attached hydrogens (tertiary/aromatic N) is 2. The summed E-state index contributed by atoms with van der Waals surface area (Å²) in [6, 6.07) is 0. The number of aryl methyl sites for hydroxylation is 2. The van der Waals surface area contributed by atoms with Gasteiger partial charge in [0.2, 0.25) is 11.8 Å². The highest BCUT2D eigenvalue weighted by molar-refractivity contribution is 7.99. The first kappa shape index (κ1) is 18.6. The highest BCUT2D eigenvalue weighted by atomic mass is 32.2. The van der Waals surface area contributed by atoms with Gasteiger partial charge < -0.3 is 19.5 Å². The number of furan rings is 1. The number of rotatable bonds is 7. The van der Waals surface area contributed by atoms with Crippen molar-refractivity contribution in [2.24, 2.45) is 12.8 Å². The Labute approximate surface area is 147 Å². The SMILES string of the molecule is CCOC(=O)c1c(C)oc(NC(=O)CSc2nccn2C)c1C(N)=O. The summed E-state index contributed by atoms with van der Waals surface area (Å²) in [5, 5.41) is 3.12. The number of ether oxygens (including phenoxy) is 1. The summed E-state index contributed by atoms with van der Waals surface area (Å²) in [5.74, 6) is -2.05. The molecule has 3 N–H and O–H groups in total. The number of amides is 2. The molecule has 0 spiro atoms. The fourth-order valence-electron chi connectivity index (χ4n) is 2.10. The molecule has 9 nitrogen and oxygen atoms in total. The number of hydrogen-bond donors (Lipinski definition) is 2. The monoisotopic (exact) mass is 366 g/mol. The summed E-state index contributed by atoms with van der Waals surface area (Å²) in [7, 11) is 1.81. The highest BCUT2D eigenvalue weighted by Crippen LogP contribution is 2.28. The number of primary amides is 1. The molecule has 2 amide bonds. The van der Waals surface area contributed by atoms with Gasteiger partial charge in [-0.3, -0.25) is 14.9 Å². The van der Waals surface area contributed by atoms with Crippen LogP contribution in [0.1, 0.15) is 33.4 Å². The topological polar surface area (TPSA) is 129 Å². The molecule has 25 heavy (non-hydrogen) atoms. The van der Waals surface area contributed by atoms with E-state index in [9.17, 15) is 14.4 Å². The van der Waals surface area contributed by atoms with Crippen LogP contribution in [0.4, 0.5) is 5.88 Å². The van der Waals surface area contributed by atoms with Crippen molar-refractivity contribution in [3.63, 3.8) is 0 Å². The Morgan fingerprint density at radius 2 is 2.12 bits per heavy atom. The second-order valence-electron chi connectivity index (χ2n) is 4.98. The van der Waals surface area contributed by atoms with Gasteiger partial charge in [0.05, 0.1) is 12.4 Å². The number of nitrogens with one attached hydrogen (secondary N) is 1. The maximum absolute atomic E-state index is 12.1. The fraction of sp³-hybridized carbons (Fsp3) is 0.333. The Kier molecular flexibility index (Phi) is 5.86. The predicted octanol–water partition coefficient (Wildman–Crippen LogP) is 1.33. The van der Waals surface area contributed by atoms with Crippen molar-refractivity contribution in [2.45, 2.75) is 19.0 Å². The first-order valence-corrected chi connectivity index (χ1v) is 8.34. The molecular formula is C15H18N4O5S. The van der Waals surface area contributed by atoms with Gasteiger partial charge in [-0.15, -0.1) is 0 Å². The Balaban J connectivity index is 2.17. The molecule has 0 aliphatic carbocycles. The third-order valence-electron chi connectivity index (χ3n) is 3.17. The molecule has 0 aliphatic heterocycles. The van der Waals surface area contributed by atoms with Gasteiger partial charge in [-0.2, -0.15) is 0 Å². The van der Waals surface area contributed by atoms with E-state index < -0.39 is 17.8 Å². The minimum Gasteiger partial charge on any atom is -0.462 e. The lowest BCUT2D eigenvalue weighted by Gasteiger charge is -2.05. The van der Waals surface area contributed by atoms with E-state index in [4.69, 9.17) is 14.9 Å². The number of imidazole rings is 1. The van der Waals surface area contributed by atoms with Crippen molar-refractivity contribution in [3.8, 4) is 0 Å². The maximum Gasteiger partial charge on any atom is 0.342 e. The second-order valence-corrected chi connectivity index (χ2v) is 5.92. The van der Waals surface area contributed by atoms with Gasteiger partial charge in [0, 0.05) is 19.4 Å². The average Bonchev–Trinajstić information content (AvgIpc) is 3.08. The van der Waals surface area contributed by atoms with Gasteiger partial charge >= 0.3 is 5.97 Å². The third kappa shape index (κ3) is 4.21. The fourth-order valence-corrected chi connectivity index (χ4v) is 2.83.